The monoisotopic (exact) mass is 409 g/mol. The minimum absolute atomic E-state index is 0.213. The molecular weight excluding hydrogens is 389 g/mol. The molecule has 0 aliphatic heterocycles. The first-order chi connectivity index (χ1) is 12.8. The number of aromatic nitrogens is 6. The summed E-state index contributed by atoms with van der Waals surface area (Å²) in [5, 5.41) is 17.1. The zero-order valence-corrected chi connectivity index (χ0v) is 16.9. The van der Waals surface area contributed by atoms with Crippen LogP contribution in [0.3, 0.4) is 0 Å². The van der Waals surface area contributed by atoms with Gasteiger partial charge in [0.05, 0.1) is 27.1 Å². The maximum absolute atomic E-state index is 12.2. The Morgan fingerprint density at radius 2 is 1.89 bits per heavy atom. The molecule has 0 saturated carbocycles. The van der Waals surface area contributed by atoms with Crippen LogP contribution in [0.4, 0.5) is 0 Å². The van der Waals surface area contributed by atoms with Crippen molar-refractivity contribution in [2.24, 2.45) is 0 Å². The average molecular weight is 410 g/mol. The van der Waals surface area contributed by atoms with Gasteiger partial charge in [-0.05, 0) is 33.3 Å². The van der Waals surface area contributed by atoms with E-state index in [0.717, 1.165) is 23.5 Å². The van der Waals surface area contributed by atoms with E-state index in [1.165, 1.54) is 0 Å². The summed E-state index contributed by atoms with van der Waals surface area (Å²) in [6.07, 6.45) is 4.27. The van der Waals surface area contributed by atoms with E-state index in [4.69, 9.17) is 23.2 Å². The summed E-state index contributed by atoms with van der Waals surface area (Å²) in [5.41, 5.74) is 2.80. The second kappa shape index (κ2) is 8.14. The van der Waals surface area contributed by atoms with Gasteiger partial charge in [0.25, 0.3) is 5.91 Å². The first-order valence-electron chi connectivity index (χ1n) is 8.56. The fourth-order valence-corrected chi connectivity index (χ4v) is 2.94. The minimum Gasteiger partial charge on any atom is -0.351 e. The topological polar surface area (TPSA) is 82.6 Å². The molecular formula is C17H21Cl2N7O. The van der Waals surface area contributed by atoms with Crippen LogP contribution < -0.4 is 5.32 Å². The Labute approximate surface area is 167 Å². The van der Waals surface area contributed by atoms with Crippen molar-refractivity contribution in [1.29, 1.82) is 0 Å². The van der Waals surface area contributed by atoms with E-state index in [2.05, 4.69) is 20.6 Å². The molecule has 0 aliphatic carbocycles. The van der Waals surface area contributed by atoms with Gasteiger partial charge in [0.15, 0.2) is 0 Å². The molecule has 27 heavy (non-hydrogen) atoms. The molecule has 0 spiro atoms. The minimum atomic E-state index is -0.213. The highest BCUT2D eigenvalue weighted by Gasteiger charge is 2.12. The van der Waals surface area contributed by atoms with Crippen LogP contribution in [-0.2, 0) is 13.2 Å². The Hall–Kier alpha value is -2.32. The maximum atomic E-state index is 12.2. The molecule has 3 rings (SSSR count). The average Bonchev–Trinajstić information content (AvgIpc) is 3.29. The molecule has 0 fully saturated rings. The summed E-state index contributed by atoms with van der Waals surface area (Å²) in [7, 11) is 0. The molecule has 0 unspecified atom stereocenters. The molecule has 0 aliphatic rings. The second-order valence-corrected chi connectivity index (χ2v) is 7.09. The summed E-state index contributed by atoms with van der Waals surface area (Å²) in [6, 6.07) is 1.68. The fourth-order valence-electron chi connectivity index (χ4n) is 2.65. The molecule has 144 valence electrons. The number of carbonyl (C=O) groups excluding carboxylic acids is 1. The first-order valence-corrected chi connectivity index (χ1v) is 9.31. The zero-order chi connectivity index (χ0) is 19.6. The lowest BCUT2D eigenvalue weighted by Crippen LogP contribution is -2.26. The normalized spacial score (nSPS) is 11.1. The SMILES string of the molecule is Cc1nn(CCCNC(=O)c2ccn(Cn3nc(C)c(Cl)c3C)n2)cc1Cl. The molecule has 0 bridgehead atoms. The van der Waals surface area contributed by atoms with E-state index in [9.17, 15) is 4.79 Å². The lowest BCUT2D eigenvalue weighted by Gasteiger charge is -2.05. The summed E-state index contributed by atoms with van der Waals surface area (Å²) < 4.78 is 5.18. The number of hydrogen-bond donors (Lipinski definition) is 1. The number of hydrogen-bond acceptors (Lipinski definition) is 4. The number of aryl methyl sites for hydroxylation is 3. The molecule has 3 aromatic rings. The smallest absolute Gasteiger partial charge is 0.271 e. The van der Waals surface area contributed by atoms with Gasteiger partial charge >= 0.3 is 0 Å². The highest BCUT2D eigenvalue weighted by Crippen LogP contribution is 2.18. The number of amides is 1. The van der Waals surface area contributed by atoms with Crippen molar-refractivity contribution in [3.63, 3.8) is 0 Å². The van der Waals surface area contributed by atoms with Crippen LogP contribution >= 0.6 is 23.2 Å². The third kappa shape index (κ3) is 4.51. The first kappa shape index (κ1) is 19.4. The van der Waals surface area contributed by atoms with Gasteiger partial charge < -0.3 is 5.32 Å². The van der Waals surface area contributed by atoms with E-state index in [0.29, 0.717) is 35.5 Å². The Bertz CT molecular complexity index is 937. The number of carbonyl (C=O) groups is 1. The summed E-state index contributed by atoms with van der Waals surface area (Å²) in [5.74, 6) is -0.213. The molecule has 0 aromatic carbocycles. The Morgan fingerprint density at radius 1 is 1.11 bits per heavy atom. The van der Waals surface area contributed by atoms with E-state index < -0.39 is 0 Å². The van der Waals surface area contributed by atoms with E-state index in [-0.39, 0.29) is 5.91 Å². The van der Waals surface area contributed by atoms with Gasteiger partial charge in [-0.25, -0.2) is 4.68 Å². The van der Waals surface area contributed by atoms with Crippen LogP contribution in [0.5, 0.6) is 0 Å². The lowest BCUT2D eigenvalue weighted by molar-refractivity contribution is 0.0946. The van der Waals surface area contributed by atoms with E-state index in [1.807, 2.05) is 20.8 Å². The summed E-state index contributed by atoms with van der Waals surface area (Å²) >= 11 is 12.1. The lowest BCUT2D eigenvalue weighted by atomic mass is 10.3. The van der Waals surface area contributed by atoms with Gasteiger partial charge in [0.1, 0.15) is 12.4 Å². The second-order valence-electron chi connectivity index (χ2n) is 6.30. The predicted molar refractivity (Wildman–Crippen MR) is 103 cm³/mol. The third-order valence-electron chi connectivity index (χ3n) is 4.18. The zero-order valence-electron chi connectivity index (χ0n) is 15.4. The van der Waals surface area contributed by atoms with Crippen LogP contribution in [0.2, 0.25) is 10.0 Å². The standard InChI is InChI=1S/C17H21Cl2N7O/c1-11-14(18)9-24(21-11)7-4-6-20-17(27)15-5-8-25(23-15)10-26-13(3)16(19)12(2)22-26/h5,8-9H,4,6-7,10H2,1-3H3,(H,20,27). The van der Waals surface area contributed by atoms with Crippen LogP contribution in [0.1, 0.15) is 34.0 Å². The molecule has 1 N–H and O–H groups in total. The Kier molecular flexibility index (Phi) is 5.86. The van der Waals surface area contributed by atoms with Crippen LogP contribution in [0, 0.1) is 20.8 Å². The Morgan fingerprint density at radius 3 is 2.52 bits per heavy atom. The predicted octanol–water partition coefficient (Wildman–Crippen LogP) is 2.83. The van der Waals surface area contributed by atoms with Crippen molar-refractivity contribution in [3.05, 3.63) is 51.3 Å². The molecule has 0 saturated heterocycles. The summed E-state index contributed by atoms with van der Waals surface area (Å²) in [4.78, 5) is 12.2. The van der Waals surface area contributed by atoms with Crippen LogP contribution in [-0.4, -0.2) is 41.8 Å². The number of nitrogens with zero attached hydrogens (tertiary/aromatic N) is 6. The van der Waals surface area contributed by atoms with Crippen molar-refractivity contribution in [1.82, 2.24) is 34.7 Å². The molecule has 8 nitrogen and oxygen atoms in total. The van der Waals surface area contributed by atoms with E-state index >= 15 is 0 Å². The highest BCUT2D eigenvalue weighted by molar-refractivity contribution is 6.31. The van der Waals surface area contributed by atoms with Crippen molar-refractivity contribution < 1.29 is 4.79 Å². The molecule has 0 radical (unpaired) electrons. The van der Waals surface area contributed by atoms with Gasteiger partial charge in [-0.15, -0.1) is 0 Å². The number of rotatable bonds is 7. The fraction of sp³-hybridized carbons (Fsp3) is 0.412. The van der Waals surface area contributed by atoms with E-state index in [1.54, 1.807) is 32.5 Å². The largest absolute Gasteiger partial charge is 0.351 e. The van der Waals surface area contributed by atoms with Crippen molar-refractivity contribution in [2.75, 3.05) is 6.54 Å². The molecule has 3 heterocycles. The van der Waals surface area contributed by atoms with Crippen LogP contribution in [0.15, 0.2) is 18.5 Å². The number of halogens is 2. The van der Waals surface area contributed by atoms with Crippen molar-refractivity contribution >= 4 is 29.1 Å². The maximum Gasteiger partial charge on any atom is 0.271 e. The molecule has 3 aromatic heterocycles. The summed E-state index contributed by atoms with van der Waals surface area (Å²) in [6.45, 7) is 7.21. The van der Waals surface area contributed by atoms with Crippen molar-refractivity contribution in [2.45, 2.75) is 40.4 Å². The number of nitrogens with one attached hydrogen (secondary N) is 1. The van der Waals surface area contributed by atoms with Gasteiger partial charge in [0.2, 0.25) is 0 Å². The Balaban J connectivity index is 1.50. The molecule has 10 heteroatoms. The van der Waals surface area contributed by atoms with Gasteiger partial charge in [-0.2, -0.15) is 15.3 Å². The highest BCUT2D eigenvalue weighted by atomic mass is 35.5. The van der Waals surface area contributed by atoms with Crippen LogP contribution in [0.25, 0.3) is 0 Å². The molecule has 1 amide bonds. The van der Waals surface area contributed by atoms with Gasteiger partial charge in [-0.3, -0.25) is 14.2 Å². The van der Waals surface area contributed by atoms with Crippen molar-refractivity contribution in [3.8, 4) is 0 Å². The van der Waals surface area contributed by atoms with Gasteiger partial charge in [0, 0.05) is 25.5 Å². The third-order valence-corrected chi connectivity index (χ3v) is 5.10. The molecule has 0 atom stereocenters. The van der Waals surface area contributed by atoms with Gasteiger partial charge in [-0.1, -0.05) is 23.2 Å². The quantitative estimate of drug-likeness (QED) is 0.608.